The van der Waals surface area contributed by atoms with Crippen LogP contribution in [-0.4, -0.2) is 4.98 Å². The molecule has 5 rings (SSSR count). The molecule has 0 aliphatic heterocycles. The fourth-order valence-corrected chi connectivity index (χ4v) is 4.81. The number of anilines is 3. The molecule has 0 radical (unpaired) electrons. The number of aromatic nitrogens is 1. The SMILES string of the molecule is Brc1ccc(N(c2cccc(-c3ccc(-c4ccccc4)s3)c2)c2ccccn2)cc1. The van der Waals surface area contributed by atoms with Crippen molar-refractivity contribution in [2.45, 2.75) is 0 Å². The molecule has 3 aromatic carbocycles. The highest BCUT2D eigenvalue weighted by atomic mass is 79.9. The highest BCUT2D eigenvalue weighted by molar-refractivity contribution is 9.10. The molecule has 0 aliphatic rings. The van der Waals surface area contributed by atoms with Crippen molar-refractivity contribution in [3.63, 3.8) is 0 Å². The molecule has 150 valence electrons. The molecule has 0 atom stereocenters. The third-order valence-electron chi connectivity index (χ3n) is 5.02. The third-order valence-corrected chi connectivity index (χ3v) is 6.73. The van der Waals surface area contributed by atoms with Crippen molar-refractivity contribution >= 4 is 44.5 Å². The molecule has 2 heterocycles. The van der Waals surface area contributed by atoms with Gasteiger partial charge in [0.05, 0.1) is 0 Å². The van der Waals surface area contributed by atoms with Crippen molar-refractivity contribution in [3.05, 3.63) is 120 Å². The van der Waals surface area contributed by atoms with Gasteiger partial charge in [-0.1, -0.05) is 64.5 Å². The van der Waals surface area contributed by atoms with Crippen LogP contribution in [0.5, 0.6) is 0 Å². The van der Waals surface area contributed by atoms with Crippen molar-refractivity contribution in [2.24, 2.45) is 0 Å². The molecule has 2 nitrogen and oxygen atoms in total. The van der Waals surface area contributed by atoms with Gasteiger partial charge >= 0.3 is 0 Å². The van der Waals surface area contributed by atoms with Gasteiger partial charge in [-0.05, 0) is 71.8 Å². The molecule has 0 amide bonds. The maximum absolute atomic E-state index is 4.62. The number of nitrogens with zero attached hydrogens (tertiary/aromatic N) is 2. The van der Waals surface area contributed by atoms with Gasteiger partial charge in [0.1, 0.15) is 5.82 Å². The molecular weight excluding hydrogens is 464 g/mol. The summed E-state index contributed by atoms with van der Waals surface area (Å²) in [6.07, 6.45) is 1.83. The van der Waals surface area contributed by atoms with E-state index in [1.807, 2.05) is 35.7 Å². The van der Waals surface area contributed by atoms with Crippen molar-refractivity contribution in [1.29, 1.82) is 0 Å². The van der Waals surface area contributed by atoms with E-state index in [0.717, 1.165) is 21.7 Å². The minimum absolute atomic E-state index is 0.887. The fourth-order valence-electron chi connectivity index (χ4n) is 3.54. The zero-order chi connectivity index (χ0) is 21.0. The number of benzene rings is 3. The van der Waals surface area contributed by atoms with Crippen LogP contribution < -0.4 is 4.90 Å². The summed E-state index contributed by atoms with van der Waals surface area (Å²) in [6.45, 7) is 0. The maximum atomic E-state index is 4.62. The molecule has 4 heteroatoms. The van der Waals surface area contributed by atoms with Crippen LogP contribution in [0.2, 0.25) is 0 Å². The lowest BCUT2D eigenvalue weighted by Crippen LogP contribution is -2.11. The number of halogens is 1. The van der Waals surface area contributed by atoms with Crippen LogP contribution in [0.25, 0.3) is 20.9 Å². The summed E-state index contributed by atoms with van der Waals surface area (Å²) >= 11 is 5.35. The first-order valence-electron chi connectivity index (χ1n) is 10.0. The standard InChI is InChI=1S/C27H19BrN2S/c28-22-12-14-23(15-13-22)30(27-11-4-5-18-29-27)24-10-6-9-21(19-24)26-17-16-25(31-26)20-7-2-1-3-8-20/h1-19H. The molecule has 0 unspecified atom stereocenters. The summed E-state index contributed by atoms with van der Waals surface area (Å²) in [7, 11) is 0. The number of hydrogen-bond donors (Lipinski definition) is 0. The van der Waals surface area contributed by atoms with Gasteiger partial charge in [0.2, 0.25) is 0 Å². The monoisotopic (exact) mass is 482 g/mol. The normalized spacial score (nSPS) is 10.7. The van der Waals surface area contributed by atoms with Gasteiger partial charge in [-0.3, -0.25) is 4.90 Å². The van der Waals surface area contributed by atoms with Crippen molar-refractivity contribution in [1.82, 2.24) is 4.98 Å². The Balaban J connectivity index is 1.56. The summed E-state index contributed by atoms with van der Waals surface area (Å²) in [4.78, 5) is 9.32. The molecular formula is C27H19BrN2S. The Hall–Kier alpha value is -3.21. The Bertz CT molecular complexity index is 1280. The minimum atomic E-state index is 0.887. The van der Waals surface area contributed by atoms with E-state index in [-0.39, 0.29) is 0 Å². The highest BCUT2D eigenvalue weighted by Gasteiger charge is 2.14. The first kappa shape index (κ1) is 19.7. The summed E-state index contributed by atoms with van der Waals surface area (Å²) in [5.41, 5.74) is 4.59. The topological polar surface area (TPSA) is 16.1 Å². The van der Waals surface area contributed by atoms with E-state index in [1.54, 1.807) is 0 Å². The Morgan fingerprint density at radius 3 is 2.06 bits per heavy atom. The van der Waals surface area contributed by atoms with Gasteiger partial charge < -0.3 is 0 Å². The van der Waals surface area contributed by atoms with Crippen LogP contribution in [-0.2, 0) is 0 Å². The van der Waals surface area contributed by atoms with E-state index in [0.29, 0.717) is 0 Å². The predicted octanol–water partition coefficient (Wildman–Crippen LogP) is 8.71. The van der Waals surface area contributed by atoms with Crippen LogP contribution in [0.1, 0.15) is 0 Å². The van der Waals surface area contributed by atoms with Crippen molar-refractivity contribution in [2.75, 3.05) is 4.90 Å². The first-order valence-corrected chi connectivity index (χ1v) is 11.6. The smallest absolute Gasteiger partial charge is 0.137 e. The van der Waals surface area contributed by atoms with Gasteiger partial charge in [-0.2, -0.15) is 0 Å². The quantitative estimate of drug-likeness (QED) is 0.249. The molecule has 2 aromatic heterocycles. The zero-order valence-electron chi connectivity index (χ0n) is 16.7. The van der Waals surface area contributed by atoms with Crippen LogP contribution in [0, 0.1) is 0 Å². The van der Waals surface area contributed by atoms with Crippen LogP contribution in [0.15, 0.2) is 120 Å². The van der Waals surface area contributed by atoms with E-state index in [4.69, 9.17) is 0 Å². The lowest BCUT2D eigenvalue weighted by atomic mass is 10.1. The van der Waals surface area contributed by atoms with Gasteiger partial charge in [0.25, 0.3) is 0 Å². The van der Waals surface area contributed by atoms with Crippen LogP contribution in [0.4, 0.5) is 17.2 Å². The zero-order valence-corrected chi connectivity index (χ0v) is 19.1. The maximum Gasteiger partial charge on any atom is 0.137 e. The number of hydrogen-bond acceptors (Lipinski definition) is 3. The van der Waals surface area contributed by atoms with Crippen molar-refractivity contribution < 1.29 is 0 Å². The van der Waals surface area contributed by atoms with Gasteiger partial charge in [-0.25, -0.2) is 4.98 Å². The molecule has 31 heavy (non-hydrogen) atoms. The van der Waals surface area contributed by atoms with Gasteiger partial charge in [0, 0.05) is 31.8 Å². The fraction of sp³-hybridized carbons (Fsp3) is 0. The molecule has 0 bridgehead atoms. The summed E-state index contributed by atoms with van der Waals surface area (Å²) in [5.74, 6) is 0.887. The van der Waals surface area contributed by atoms with Crippen LogP contribution >= 0.6 is 27.3 Å². The Labute approximate surface area is 194 Å². The molecule has 0 saturated carbocycles. The first-order chi connectivity index (χ1) is 15.3. The Kier molecular flexibility index (Phi) is 5.65. The Morgan fingerprint density at radius 1 is 0.613 bits per heavy atom. The average Bonchev–Trinajstić information content (AvgIpc) is 3.33. The molecule has 0 fully saturated rings. The van der Waals surface area contributed by atoms with E-state index in [1.165, 1.54) is 20.9 Å². The number of rotatable bonds is 5. The molecule has 0 spiro atoms. The molecule has 0 saturated heterocycles. The predicted molar refractivity (Wildman–Crippen MR) is 135 cm³/mol. The molecule has 0 aliphatic carbocycles. The van der Waals surface area contributed by atoms with E-state index < -0.39 is 0 Å². The Morgan fingerprint density at radius 2 is 1.32 bits per heavy atom. The lowest BCUT2D eigenvalue weighted by molar-refractivity contribution is 1.18. The average molecular weight is 483 g/mol. The van der Waals surface area contributed by atoms with Gasteiger partial charge in [-0.15, -0.1) is 11.3 Å². The second kappa shape index (κ2) is 8.88. The van der Waals surface area contributed by atoms with E-state index >= 15 is 0 Å². The molecule has 5 aromatic rings. The number of thiophene rings is 1. The minimum Gasteiger partial charge on any atom is -0.295 e. The molecule has 0 N–H and O–H groups in total. The summed E-state index contributed by atoms with van der Waals surface area (Å²) < 4.78 is 1.05. The summed E-state index contributed by atoms with van der Waals surface area (Å²) in [6, 6.07) is 37.9. The highest BCUT2D eigenvalue weighted by Crippen LogP contribution is 2.39. The van der Waals surface area contributed by atoms with Crippen LogP contribution in [0.3, 0.4) is 0 Å². The summed E-state index contributed by atoms with van der Waals surface area (Å²) in [5, 5.41) is 0. The van der Waals surface area contributed by atoms with E-state index in [2.05, 4.69) is 117 Å². The number of pyridine rings is 1. The second-order valence-corrected chi connectivity index (χ2v) is 9.08. The second-order valence-electron chi connectivity index (χ2n) is 7.08. The van der Waals surface area contributed by atoms with E-state index in [9.17, 15) is 0 Å². The van der Waals surface area contributed by atoms with Gasteiger partial charge in [0.15, 0.2) is 0 Å². The lowest BCUT2D eigenvalue weighted by Gasteiger charge is -2.24. The van der Waals surface area contributed by atoms with Crippen molar-refractivity contribution in [3.8, 4) is 20.9 Å². The largest absolute Gasteiger partial charge is 0.295 e. The third kappa shape index (κ3) is 4.31.